The number of benzene rings is 5. The predicted octanol–water partition coefficient (Wildman–Crippen LogP) is 12.0. The number of rotatable bonds is 5. The van der Waals surface area contributed by atoms with Crippen molar-refractivity contribution in [3.8, 4) is 33.9 Å². The number of fused-ring (bicyclic) bond motifs is 6. The molecule has 2 aliphatic carbocycles. The summed E-state index contributed by atoms with van der Waals surface area (Å²) < 4.78 is 12.9. The third-order valence-electron chi connectivity index (χ3n) is 9.92. The van der Waals surface area contributed by atoms with Crippen molar-refractivity contribution in [3.63, 3.8) is 0 Å². The average Bonchev–Trinajstić information content (AvgIpc) is 3.77. The van der Waals surface area contributed by atoms with Crippen LogP contribution >= 0.6 is 0 Å². The Hall–Kier alpha value is -6.33. The molecule has 0 aliphatic heterocycles. The number of hydrogen-bond acceptors (Lipinski definition) is 5. The summed E-state index contributed by atoms with van der Waals surface area (Å²) >= 11 is 0. The fraction of sp³-hybridized carbons (Fsp3) is 0.0889. The minimum absolute atomic E-state index is 0.400. The molecule has 0 saturated carbocycles. The first-order valence-corrected chi connectivity index (χ1v) is 17.2. The number of furan rings is 2. The molecule has 0 spiro atoms. The zero-order chi connectivity index (χ0) is 33.0. The Morgan fingerprint density at radius 2 is 1.30 bits per heavy atom. The summed E-state index contributed by atoms with van der Waals surface area (Å²) in [5.74, 6) is 2.25. The Kier molecular flexibility index (Phi) is 6.69. The molecule has 2 aliphatic rings. The quantitative estimate of drug-likeness (QED) is 0.186. The van der Waals surface area contributed by atoms with E-state index in [4.69, 9.17) is 23.8 Å². The van der Waals surface area contributed by atoms with Crippen molar-refractivity contribution in [2.45, 2.75) is 25.2 Å². The molecule has 0 N–H and O–H groups in total. The second-order valence-electron chi connectivity index (χ2n) is 13.0. The van der Waals surface area contributed by atoms with E-state index in [9.17, 15) is 0 Å². The zero-order valence-corrected chi connectivity index (χ0v) is 27.2. The van der Waals surface area contributed by atoms with E-state index in [0.29, 0.717) is 23.4 Å². The molecule has 1 unspecified atom stereocenters. The number of aromatic nitrogens is 3. The van der Waals surface area contributed by atoms with Gasteiger partial charge in [0.1, 0.15) is 22.3 Å². The van der Waals surface area contributed by atoms with E-state index in [1.807, 2.05) is 36.4 Å². The Balaban J connectivity index is 1.16. The number of allylic oxidation sites excluding steroid dienone is 8. The maximum atomic E-state index is 6.66. The van der Waals surface area contributed by atoms with Crippen molar-refractivity contribution in [2.75, 3.05) is 0 Å². The number of hydrogen-bond donors (Lipinski definition) is 0. The van der Waals surface area contributed by atoms with Gasteiger partial charge in [-0.2, -0.15) is 0 Å². The molecule has 50 heavy (non-hydrogen) atoms. The molecule has 3 heterocycles. The Morgan fingerprint density at radius 3 is 2.12 bits per heavy atom. The lowest BCUT2D eigenvalue weighted by Crippen LogP contribution is -2.03. The van der Waals surface area contributed by atoms with Gasteiger partial charge >= 0.3 is 0 Å². The van der Waals surface area contributed by atoms with Crippen LogP contribution in [0.1, 0.15) is 36.6 Å². The number of para-hydroxylation sites is 2. The summed E-state index contributed by atoms with van der Waals surface area (Å²) in [5.41, 5.74) is 9.54. The van der Waals surface area contributed by atoms with Crippen molar-refractivity contribution in [1.29, 1.82) is 0 Å². The second kappa shape index (κ2) is 11.7. The molecule has 0 radical (unpaired) electrons. The van der Waals surface area contributed by atoms with E-state index < -0.39 is 0 Å². The van der Waals surface area contributed by atoms with Gasteiger partial charge in [-0.05, 0) is 66.8 Å². The van der Waals surface area contributed by atoms with Crippen LogP contribution in [0.4, 0.5) is 0 Å². The average molecular weight is 646 g/mol. The molecule has 1 atom stereocenters. The maximum absolute atomic E-state index is 6.66. The van der Waals surface area contributed by atoms with E-state index >= 15 is 0 Å². The van der Waals surface area contributed by atoms with Gasteiger partial charge in [0, 0.05) is 49.7 Å². The van der Waals surface area contributed by atoms with Crippen molar-refractivity contribution in [2.24, 2.45) is 0 Å². The fourth-order valence-electron chi connectivity index (χ4n) is 7.38. The molecular formula is C45H31N3O2. The molecule has 5 nitrogen and oxygen atoms in total. The van der Waals surface area contributed by atoms with Gasteiger partial charge in [0.05, 0.1) is 0 Å². The van der Waals surface area contributed by atoms with E-state index in [0.717, 1.165) is 91.0 Å². The number of nitrogens with zero attached hydrogens (tertiary/aromatic N) is 3. The molecule has 5 heteroatoms. The van der Waals surface area contributed by atoms with Gasteiger partial charge in [0.25, 0.3) is 0 Å². The van der Waals surface area contributed by atoms with Gasteiger partial charge in [-0.25, -0.2) is 15.0 Å². The molecule has 0 bridgehead atoms. The monoisotopic (exact) mass is 645 g/mol. The highest BCUT2D eigenvalue weighted by Crippen LogP contribution is 2.42. The van der Waals surface area contributed by atoms with Crippen LogP contribution in [0, 0.1) is 0 Å². The van der Waals surface area contributed by atoms with Gasteiger partial charge in [0.2, 0.25) is 0 Å². The van der Waals surface area contributed by atoms with Crippen LogP contribution < -0.4 is 0 Å². The standard InChI is InChI=1S/C45H31N3O2/c1-3-11-28(12-4-1)29-19-21-30(22-20-29)33-25-26-37(41-36-16-8-10-18-39(36)50-42(33)41)45-47-43(31-13-5-2-6-14-31)46-44(48-45)32-23-24-35-34-15-7-9-17-38(34)49-40(35)27-32/h1,3-5,7-11,13-28H,2,6,12H2. The van der Waals surface area contributed by atoms with Crippen LogP contribution in [0.5, 0.6) is 0 Å². The molecular weight excluding hydrogens is 615 g/mol. The highest BCUT2D eigenvalue weighted by atomic mass is 16.3. The molecule has 0 saturated heterocycles. The minimum atomic E-state index is 0.400. The molecule has 0 amide bonds. The van der Waals surface area contributed by atoms with Gasteiger partial charge in [0.15, 0.2) is 17.5 Å². The fourth-order valence-corrected chi connectivity index (χ4v) is 7.38. The van der Waals surface area contributed by atoms with Crippen LogP contribution in [0.15, 0.2) is 154 Å². The Bertz CT molecular complexity index is 2740. The first-order valence-electron chi connectivity index (χ1n) is 17.2. The van der Waals surface area contributed by atoms with Crippen LogP contribution in [0.25, 0.3) is 83.4 Å². The zero-order valence-electron chi connectivity index (χ0n) is 27.2. The van der Waals surface area contributed by atoms with Crippen molar-refractivity contribution in [3.05, 3.63) is 157 Å². The first kappa shape index (κ1) is 28.7. The smallest absolute Gasteiger partial charge is 0.164 e. The molecule has 8 aromatic rings. The molecule has 10 rings (SSSR count). The minimum Gasteiger partial charge on any atom is -0.456 e. The predicted molar refractivity (Wildman–Crippen MR) is 203 cm³/mol. The van der Waals surface area contributed by atoms with Crippen LogP contribution in [-0.4, -0.2) is 15.0 Å². The first-order chi connectivity index (χ1) is 24.8. The SMILES string of the molecule is C1=CCC(c2ccc(-c3ccc(-c4nc(C5=CCCC=C5)nc(-c5ccc6c(c5)oc5ccccc56)n4)c4c3oc3ccccc34)cc2)C=C1. The largest absolute Gasteiger partial charge is 0.456 e. The molecule has 5 aromatic carbocycles. The molecule has 3 aromatic heterocycles. The van der Waals surface area contributed by atoms with E-state index in [1.165, 1.54) is 5.56 Å². The van der Waals surface area contributed by atoms with Crippen LogP contribution in [-0.2, 0) is 0 Å². The van der Waals surface area contributed by atoms with Crippen molar-refractivity contribution in [1.82, 2.24) is 15.0 Å². The van der Waals surface area contributed by atoms with E-state index in [2.05, 4.69) is 109 Å². The van der Waals surface area contributed by atoms with Crippen molar-refractivity contribution < 1.29 is 8.83 Å². The summed E-state index contributed by atoms with van der Waals surface area (Å²) in [6, 6.07) is 35.7. The van der Waals surface area contributed by atoms with E-state index in [-0.39, 0.29) is 0 Å². The molecule has 238 valence electrons. The Labute approximate surface area is 288 Å². The Morgan fingerprint density at radius 1 is 0.560 bits per heavy atom. The lowest BCUT2D eigenvalue weighted by atomic mass is 9.91. The van der Waals surface area contributed by atoms with Gasteiger partial charge in [-0.1, -0.05) is 109 Å². The summed E-state index contributed by atoms with van der Waals surface area (Å²) in [4.78, 5) is 15.3. The van der Waals surface area contributed by atoms with Gasteiger partial charge in [-0.15, -0.1) is 0 Å². The normalized spacial score (nSPS) is 15.8. The van der Waals surface area contributed by atoms with Gasteiger partial charge < -0.3 is 8.83 Å². The summed E-state index contributed by atoms with van der Waals surface area (Å²) in [7, 11) is 0. The van der Waals surface area contributed by atoms with Crippen LogP contribution in [0.2, 0.25) is 0 Å². The lowest BCUT2D eigenvalue weighted by Gasteiger charge is -2.14. The lowest BCUT2D eigenvalue weighted by molar-refractivity contribution is 0.669. The highest BCUT2D eigenvalue weighted by molar-refractivity contribution is 6.15. The summed E-state index contributed by atoms with van der Waals surface area (Å²) in [6.45, 7) is 0. The second-order valence-corrected chi connectivity index (χ2v) is 13.0. The van der Waals surface area contributed by atoms with Crippen molar-refractivity contribution >= 4 is 49.5 Å². The van der Waals surface area contributed by atoms with Crippen LogP contribution in [0.3, 0.4) is 0 Å². The summed E-state index contributed by atoms with van der Waals surface area (Å²) in [6.07, 6.45) is 18.2. The van der Waals surface area contributed by atoms with E-state index in [1.54, 1.807) is 0 Å². The maximum Gasteiger partial charge on any atom is 0.164 e. The van der Waals surface area contributed by atoms with Gasteiger partial charge in [-0.3, -0.25) is 0 Å². The highest BCUT2D eigenvalue weighted by Gasteiger charge is 2.22. The third kappa shape index (κ3) is 4.81. The third-order valence-corrected chi connectivity index (χ3v) is 9.92. The summed E-state index contributed by atoms with van der Waals surface area (Å²) in [5, 5.41) is 4.18. The molecule has 0 fully saturated rings. The topological polar surface area (TPSA) is 65.0 Å².